The van der Waals surface area contributed by atoms with Crippen LogP contribution in [0.15, 0.2) is 59.4 Å². The third-order valence-corrected chi connectivity index (χ3v) is 5.47. The second-order valence-corrected chi connectivity index (χ2v) is 7.85. The molecular weight excluding hydrogens is 431 g/mol. The van der Waals surface area contributed by atoms with Crippen molar-refractivity contribution in [3.05, 3.63) is 82.6 Å². The molecule has 9 heteroatoms. The Labute approximate surface area is 188 Å². The number of amidine groups is 1. The summed E-state index contributed by atoms with van der Waals surface area (Å²) in [5.41, 5.74) is 0.810. The highest BCUT2D eigenvalue weighted by Gasteiger charge is 2.32. The van der Waals surface area contributed by atoms with Crippen LogP contribution in [0.5, 0.6) is 0 Å². The summed E-state index contributed by atoms with van der Waals surface area (Å²) in [6.45, 7) is 3.97. The molecule has 0 aliphatic carbocycles. The highest BCUT2D eigenvalue weighted by Crippen LogP contribution is 2.30. The van der Waals surface area contributed by atoms with E-state index in [1.54, 1.807) is 30.6 Å². The number of fused-ring (bicyclic) bond motifs is 1. The minimum Gasteiger partial charge on any atom is -0.345 e. The second-order valence-electron chi connectivity index (χ2n) is 7.85. The van der Waals surface area contributed by atoms with Gasteiger partial charge in [0.05, 0.1) is 34.5 Å². The number of hydrogen-bond donors (Lipinski definition) is 1. The molecule has 0 bridgehead atoms. The van der Waals surface area contributed by atoms with Gasteiger partial charge in [-0.15, -0.1) is 0 Å². The predicted octanol–water partition coefficient (Wildman–Crippen LogP) is 4.29. The number of allylic oxidation sites excluding steroid dienone is 2. The van der Waals surface area contributed by atoms with Gasteiger partial charge in [-0.3, -0.25) is 14.8 Å². The number of rotatable bonds is 5. The Bertz CT molecular complexity index is 1240. The van der Waals surface area contributed by atoms with E-state index in [2.05, 4.69) is 21.4 Å². The molecule has 1 amide bonds. The molecule has 3 heterocycles. The molecule has 2 aliphatic heterocycles. The van der Waals surface area contributed by atoms with Gasteiger partial charge in [0.15, 0.2) is 0 Å². The van der Waals surface area contributed by atoms with Gasteiger partial charge in [0.1, 0.15) is 17.7 Å². The molecule has 0 fully saturated rings. The Morgan fingerprint density at radius 3 is 2.76 bits per heavy atom. The van der Waals surface area contributed by atoms with E-state index in [9.17, 15) is 23.2 Å². The van der Waals surface area contributed by atoms with Gasteiger partial charge in [-0.05, 0) is 32.1 Å². The van der Waals surface area contributed by atoms with Gasteiger partial charge in [-0.1, -0.05) is 18.2 Å². The molecule has 0 spiro atoms. The largest absolute Gasteiger partial charge is 0.345 e. The van der Waals surface area contributed by atoms with Gasteiger partial charge in [0.25, 0.3) is 12.3 Å². The Morgan fingerprint density at radius 2 is 2.03 bits per heavy atom. The number of pyridine rings is 1. The van der Waals surface area contributed by atoms with Gasteiger partial charge < -0.3 is 10.2 Å². The first-order chi connectivity index (χ1) is 15.8. The van der Waals surface area contributed by atoms with Gasteiger partial charge >= 0.3 is 0 Å². The fraction of sp³-hybridized carbons (Fsp3) is 0.250. The first kappa shape index (κ1) is 22.3. The fourth-order valence-corrected chi connectivity index (χ4v) is 3.90. The van der Waals surface area contributed by atoms with Gasteiger partial charge in [-0.25, -0.2) is 13.2 Å². The average molecular weight is 451 g/mol. The van der Waals surface area contributed by atoms with Crippen LogP contribution >= 0.6 is 0 Å². The summed E-state index contributed by atoms with van der Waals surface area (Å²) in [7, 11) is 0. The van der Waals surface area contributed by atoms with Crippen molar-refractivity contribution in [2.24, 2.45) is 4.99 Å². The summed E-state index contributed by atoms with van der Waals surface area (Å²) in [5.74, 6) is -1.13. The van der Waals surface area contributed by atoms with E-state index in [0.717, 1.165) is 6.07 Å². The molecule has 0 saturated carbocycles. The lowest BCUT2D eigenvalue weighted by molar-refractivity contribution is -0.117. The monoisotopic (exact) mass is 451 g/mol. The van der Waals surface area contributed by atoms with Crippen LogP contribution in [0, 0.1) is 17.1 Å². The van der Waals surface area contributed by atoms with E-state index in [-0.39, 0.29) is 17.2 Å². The first-order valence-electron chi connectivity index (χ1n) is 10.3. The van der Waals surface area contributed by atoms with Crippen LogP contribution in [-0.2, 0) is 4.79 Å². The Kier molecular flexibility index (Phi) is 6.01. The summed E-state index contributed by atoms with van der Waals surface area (Å²) < 4.78 is 40.7. The van der Waals surface area contributed by atoms with Crippen LogP contribution < -0.4 is 5.32 Å². The van der Waals surface area contributed by atoms with E-state index < -0.39 is 29.8 Å². The smallest absolute Gasteiger partial charge is 0.266 e. The lowest BCUT2D eigenvalue weighted by Crippen LogP contribution is -2.37. The SMILES string of the molecule is C[C@@H]1CN2C=C(c3ncccc3C#N)C=C(C(=O)N[C@H](C)c3cccc(C(F)F)c3F)C2=N1. The molecule has 0 radical (unpaired) electrons. The molecule has 1 N–H and O–H groups in total. The van der Waals surface area contributed by atoms with Crippen LogP contribution in [0.1, 0.15) is 48.7 Å². The molecule has 1 aromatic carbocycles. The van der Waals surface area contributed by atoms with E-state index in [1.165, 1.54) is 19.1 Å². The number of hydrogen-bond acceptors (Lipinski definition) is 5. The van der Waals surface area contributed by atoms with Crippen LogP contribution in [0.2, 0.25) is 0 Å². The van der Waals surface area contributed by atoms with Crippen LogP contribution in [0.3, 0.4) is 0 Å². The maximum Gasteiger partial charge on any atom is 0.266 e. The number of carbonyl (C=O) groups excluding carboxylic acids is 1. The third kappa shape index (κ3) is 4.24. The van der Waals surface area contributed by atoms with Gasteiger partial charge in [0.2, 0.25) is 0 Å². The summed E-state index contributed by atoms with van der Waals surface area (Å²) in [6.07, 6.45) is 1.97. The fourth-order valence-electron chi connectivity index (χ4n) is 3.90. The number of aliphatic imine (C=N–C) groups is 1. The Hall–Kier alpha value is -3.93. The van der Waals surface area contributed by atoms with Crippen LogP contribution in [-0.4, -0.2) is 34.2 Å². The molecule has 168 valence electrons. The van der Waals surface area contributed by atoms with E-state index in [1.807, 2.05) is 11.8 Å². The maximum absolute atomic E-state index is 14.6. The number of halogens is 3. The Morgan fingerprint density at radius 1 is 1.27 bits per heavy atom. The Balaban J connectivity index is 1.68. The summed E-state index contributed by atoms with van der Waals surface area (Å²) in [6, 6.07) is 8.15. The van der Waals surface area contributed by atoms with Crippen molar-refractivity contribution < 1.29 is 18.0 Å². The topological polar surface area (TPSA) is 81.4 Å². The molecule has 6 nitrogen and oxygen atoms in total. The van der Waals surface area contributed by atoms with E-state index in [4.69, 9.17) is 0 Å². The van der Waals surface area contributed by atoms with E-state index in [0.29, 0.717) is 29.2 Å². The highest BCUT2D eigenvalue weighted by molar-refractivity contribution is 6.24. The van der Waals surface area contributed by atoms with Crippen LogP contribution in [0.25, 0.3) is 5.57 Å². The summed E-state index contributed by atoms with van der Waals surface area (Å²) >= 11 is 0. The number of aromatic nitrogens is 1. The van der Waals surface area contributed by atoms with Gasteiger partial charge in [0, 0.05) is 30.1 Å². The number of carbonyl (C=O) groups is 1. The molecule has 2 atom stereocenters. The molecule has 2 aliphatic rings. The molecule has 0 saturated heterocycles. The van der Waals surface area contributed by atoms with Crippen molar-refractivity contribution in [3.63, 3.8) is 0 Å². The molecule has 33 heavy (non-hydrogen) atoms. The van der Waals surface area contributed by atoms with E-state index >= 15 is 0 Å². The van der Waals surface area contributed by atoms with Gasteiger partial charge in [-0.2, -0.15) is 5.26 Å². The minimum atomic E-state index is -2.96. The van der Waals surface area contributed by atoms with Crippen molar-refractivity contribution in [2.45, 2.75) is 32.4 Å². The maximum atomic E-state index is 14.6. The molecular formula is C24H20F3N5O. The number of nitrogens with zero attached hydrogens (tertiary/aromatic N) is 4. The van der Waals surface area contributed by atoms with Crippen molar-refractivity contribution in [1.29, 1.82) is 5.26 Å². The normalized spacial score (nSPS) is 18.2. The predicted molar refractivity (Wildman–Crippen MR) is 117 cm³/mol. The number of benzene rings is 1. The number of nitriles is 1. The molecule has 1 aromatic heterocycles. The zero-order chi connectivity index (χ0) is 23.7. The zero-order valence-corrected chi connectivity index (χ0v) is 17.9. The van der Waals surface area contributed by atoms with Crippen molar-refractivity contribution in [3.8, 4) is 6.07 Å². The lowest BCUT2D eigenvalue weighted by Gasteiger charge is -2.25. The highest BCUT2D eigenvalue weighted by atomic mass is 19.3. The molecule has 4 rings (SSSR count). The summed E-state index contributed by atoms with van der Waals surface area (Å²) in [4.78, 5) is 23.9. The first-order valence-corrected chi connectivity index (χ1v) is 10.3. The number of alkyl halides is 2. The lowest BCUT2D eigenvalue weighted by atomic mass is 9.99. The van der Waals surface area contributed by atoms with Crippen molar-refractivity contribution in [2.75, 3.05) is 6.54 Å². The minimum absolute atomic E-state index is 0.0385. The van der Waals surface area contributed by atoms with Crippen molar-refractivity contribution in [1.82, 2.24) is 15.2 Å². The zero-order valence-electron chi connectivity index (χ0n) is 17.9. The number of amides is 1. The number of nitrogens with one attached hydrogen (secondary N) is 1. The average Bonchev–Trinajstić information content (AvgIpc) is 3.18. The third-order valence-electron chi connectivity index (χ3n) is 5.47. The summed E-state index contributed by atoms with van der Waals surface area (Å²) in [5, 5.41) is 12.1. The molecule has 0 unspecified atom stereocenters. The van der Waals surface area contributed by atoms with Crippen LogP contribution in [0.4, 0.5) is 13.2 Å². The van der Waals surface area contributed by atoms with Crippen molar-refractivity contribution >= 4 is 17.3 Å². The second kappa shape index (κ2) is 8.90. The quantitative estimate of drug-likeness (QED) is 0.735. The standard InChI is InChI=1S/C24H20F3N5O/c1-13-11-32-12-16(21-15(10-28)5-4-8-29-21)9-19(23(32)30-13)24(33)31-14(2)17-6-3-7-18(20(17)25)22(26)27/h3-9,12-14,22H,11H2,1-2H3,(H,31,33)/t13-,14-/m1/s1. The molecule has 2 aromatic rings.